The van der Waals surface area contributed by atoms with Gasteiger partial charge in [-0.25, -0.2) is 27.8 Å². The van der Waals surface area contributed by atoms with Crippen molar-refractivity contribution in [2.75, 3.05) is 17.3 Å². The van der Waals surface area contributed by atoms with Crippen molar-refractivity contribution in [3.63, 3.8) is 0 Å². The number of fused-ring (bicyclic) bond motifs is 1. The summed E-state index contributed by atoms with van der Waals surface area (Å²) in [6.07, 6.45) is 2.34. The molecule has 3 N–H and O–H groups in total. The van der Waals surface area contributed by atoms with E-state index in [9.17, 15) is 18.1 Å². The van der Waals surface area contributed by atoms with Gasteiger partial charge in [0.15, 0.2) is 9.84 Å². The minimum absolute atomic E-state index is 0.0311. The zero-order chi connectivity index (χ0) is 23.8. The molecule has 1 atom stereocenters. The number of hydrogen-bond acceptors (Lipinski definition) is 8. The SMILES string of the molecule is CC(Nc1ncnc(N)c1C#N)c1cc2cccc(F)c2nc1-c1ccccc1S(C)(=O)=O. The Kier molecular flexibility index (Phi) is 5.66. The molecule has 8 nitrogen and oxygen atoms in total. The smallest absolute Gasteiger partial charge is 0.176 e. The Morgan fingerprint density at radius 1 is 1.15 bits per heavy atom. The van der Waals surface area contributed by atoms with E-state index in [0.29, 0.717) is 22.2 Å². The molecular formula is C23H19FN6O2S. The summed E-state index contributed by atoms with van der Waals surface area (Å²) in [6, 6.07) is 14.2. The predicted octanol–water partition coefficient (Wildman–Crippen LogP) is 3.86. The van der Waals surface area contributed by atoms with Gasteiger partial charge in [0.05, 0.1) is 16.6 Å². The Hall–Kier alpha value is -4.10. The molecular weight excluding hydrogens is 443 g/mol. The lowest BCUT2D eigenvalue weighted by atomic mass is 9.98. The van der Waals surface area contributed by atoms with Crippen molar-refractivity contribution in [2.45, 2.75) is 17.9 Å². The molecule has 1 unspecified atom stereocenters. The minimum Gasteiger partial charge on any atom is -0.382 e. The van der Waals surface area contributed by atoms with E-state index in [0.717, 1.165) is 6.26 Å². The molecule has 0 saturated carbocycles. The monoisotopic (exact) mass is 462 g/mol. The van der Waals surface area contributed by atoms with Gasteiger partial charge in [-0.15, -0.1) is 0 Å². The molecule has 0 bridgehead atoms. The van der Waals surface area contributed by atoms with Crippen LogP contribution in [-0.4, -0.2) is 29.6 Å². The number of anilines is 2. The molecule has 0 aliphatic heterocycles. The number of aromatic nitrogens is 3. The van der Waals surface area contributed by atoms with Crippen LogP contribution in [-0.2, 0) is 9.84 Å². The number of nitrogens with zero attached hydrogens (tertiary/aromatic N) is 4. The highest BCUT2D eigenvalue weighted by molar-refractivity contribution is 7.90. The van der Waals surface area contributed by atoms with Crippen LogP contribution in [0.3, 0.4) is 0 Å². The van der Waals surface area contributed by atoms with Crippen molar-refractivity contribution in [3.05, 3.63) is 71.8 Å². The summed E-state index contributed by atoms with van der Waals surface area (Å²) in [5.41, 5.74) is 7.23. The van der Waals surface area contributed by atoms with Crippen molar-refractivity contribution in [3.8, 4) is 17.3 Å². The van der Waals surface area contributed by atoms with Gasteiger partial charge in [-0.1, -0.05) is 30.3 Å². The van der Waals surface area contributed by atoms with Crippen molar-refractivity contribution in [2.24, 2.45) is 0 Å². The number of pyridine rings is 1. The predicted molar refractivity (Wildman–Crippen MR) is 123 cm³/mol. The first-order valence-corrected chi connectivity index (χ1v) is 11.8. The van der Waals surface area contributed by atoms with Gasteiger partial charge in [0, 0.05) is 22.8 Å². The molecule has 4 rings (SSSR count). The quantitative estimate of drug-likeness (QED) is 0.456. The third-order valence-electron chi connectivity index (χ3n) is 5.18. The largest absolute Gasteiger partial charge is 0.382 e. The molecule has 0 amide bonds. The van der Waals surface area contributed by atoms with Gasteiger partial charge in [0.1, 0.15) is 40.9 Å². The molecule has 2 heterocycles. The van der Waals surface area contributed by atoms with E-state index >= 15 is 0 Å². The van der Waals surface area contributed by atoms with Crippen LogP contribution in [0, 0.1) is 17.1 Å². The number of nitriles is 1. The third kappa shape index (κ3) is 4.18. The van der Waals surface area contributed by atoms with E-state index in [-0.39, 0.29) is 27.6 Å². The van der Waals surface area contributed by atoms with Crippen LogP contribution in [0.25, 0.3) is 22.2 Å². The number of nitrogen functional groups attached to an aromatic ring is 1. The molecule has 0 aliphatic carbocycles. The van der Waals surface area contributed by atoms with Crippen molar-refractivity contribution in [1.29, 1.82) is 5.26 Å². The average molecular weight is 463 g/mol. The first kappa shape index (κ1) is 22.1. The van der Waals surface area contributed by atoms with Gasteiger partial charge in [-0.3, -0.25) is 0 Å². The van der Waals surface area contributed by atoms with E-state index in [2.05, 4.69) is 20.3 Å². The Bertz CT molecular complexity index is 1530. The van der Waals surface area contributed by atoms with E-state index in [4.69, 9.17) is 5.73 Å². The molecule has 2 aromatic heterocycles. The van der Waals surface area contributed by atoms with Crippen LogP contribution >= 0.6 is 0 Å². The summed E-state index contributed by atoms with van der Waals surface area (Å²) < 4.78 is 39.5. The van der Waals surface area contributed by atoms with Gasteiger partial charge in [0.2, 0.25) is 0 Å². The highest BCUT2D eigenvalue weighted by atomic mass is 32.2. The second-order valence-electron chi connectivity index (χ2n) is 7.47. The van der Waals surface area contributed by atoms with Crippen LogP contribution in [0.5, 0.6) is 0 Å². The number of nitrogens with two attached hydrogens (primary N) is 1. The fourth-order valence-electron chi connectivity index (χ4n) is 3.61. The molecule has 0 radical (unpaired) electrons. The van der Waals surface area contributed by atoms with Crippen LogP contribution in [0.1, 0.15) is 24.1 Å². The normalized spacial score (nSPS) is 12.3. The second kappa shape index (κ2) is 8.44. The van der Waals surface area contributed by atoms with Crippen LogP contribution < -0.4 is 11.1 Å². The van der Waals surface area contributed by atoms with Gasteiger partial charge in [-0.05, 0) is 25.1 Å². The lowest BCUT2D eigenvalue weighted by Crippen LogP contribution is -2.13. The van der Waals surface area contributed by atoms with Crippen LogP contribution in [0.15, 0.2) is 59.8 Å². The topological polar surface area (TPSA) is 135 Å². The van der Waals surface area contributed by atoms with E-state index in [1.807, 2.05) is 6.07 Å². The minimum atomic E-state index is -3.60. The fourth-order valence-corrected chi connectivity index (χ4v) is 4.50. The maximum Gasteiger partial charge on any atom is 0.176 e. The summed E-state index contributed by atoms with van der Waals surface area (Å²) in [5, 5.41) is 13.1. The number of para-hydroxylation sites is 1. The highest BCUT2D eigenvalue weighted by Crippen LogP contribution is 2.35. The van der Waals surface area contributed by atoms with E-state index in [1.54, 1.807) is 43.3 Å². The van der Waals surface area contributed by atoms with Gasteiger partial charge < -0.3 is 11.1 Å². The van der Waals surface area contributed by atoms with E-state index < -0.39 is 21.7 Å². The number of hydrogen-bond donors (Lipinski definition) is 2. The van der Waals surface area contributed by atoms with E-state index in [1.165, 1.54) is 18.5 Å². The van der Waals surface area contributed by atoms with Gasteiger partial charge >= 0.3 is 0 Å². The fraction of sp³-hybridized carbons (Fsp3) is 0.130. The summed E-state index contributed by atoms with van der Waals surface area (Å²) >= 11 is 0. The van der Waals surface area contributed by atoms with Crippen molar-refractivity contribution in [1.82, 2.24) is 15.0 Å². The summed E-state index contributed by atoms with van der Waals surface area (Å²) in [7, 11) is -3.60. The molecule has 166 valence electrons. The Morgan fingerprint density at radius 2 is 1.91 bits per heavy atom. The molecule has 0 saturated heterocycles. The Morgan fingerprint density at radius 3 is 2.64 bits per heavy atom. The zero-order valence-corrected chi connectivity index (χ0v) is 18.6. The van der Waals surface area contributed by atoms with Crippen molar-refractivity contribution < 1.29 is 12.8 Å². The first-order chi connectivity index (χ1) is 15.7. The number of nitrogens with one attached hydrogen (secondary N) is 1. The highest BCUT2D eigenvalue weighted by Gasteiger charge is 2.23. The lowest BCUT2D eigenvalue weighted by molar-refractivity contribution is 0.602. The summed E-state index contributed by atoms with van der Waals surface area (Å²) in [4.78, 5) is 12.6. The average Bonchev–Trinajstić information content (AvgIpc) is 2.78. The summed E-state index contributed by atoms with van der Waals surface area (Å²) in [5.74, 6) is -0.268. The Balaban J connectivity index is 1.96. The first-order valence-electron chi connectivity index (χ1n) is 9.86. The molecule has 4 aromatic rings. The Labute approximate surface area is 189 Å². The molecule has 10 heteroatoms. The molecule has 33 heavy (non-hydrogen) atoms. The maximum absolute atomic E-state index is 14.6. The number of rotatable bonds is 5. The van der Waals surface area contributed by atoms with Gasteiger partial charge in [0.25, 0.3) is 0 Å². The lowest BCUT2D eigenvalue weighted by Gasteiger charge is -2.21. The number of benzene rings is 2. The molecule has 0 spiro atoms. The molecule has 0 fully saturated rings. The number of sulfone groups is 1. The zero-order valence-electron chi connectivity index (χ0n) is 17.7. The number of halogens is 1. The summed E-state index contributed by atoms with van der Waals surface area (Å²) in [6.45, 7) is 1.80. The third-order valence-corrected chi connectivity index (χ3v) is 6.33. The van der Waals surface area contributed by atoms with Crippen LogP contribution in [0.2, 0.25) is 0 Å². The maximum atomic E-state index is 14.6. The standard InChI is InChI=1S/C23H19FN6O2S/c1-13(29-23-17(11-25)22(26)27-12-28-23)16-10-14-6-5-8-18(24)20(14)30-21(16)15-7-3-4-9-19(15)33(2,31)32/h3-10,12-13H,1-2H3,(H3,26,27,28,29). The van der Waals surface area contributed by atoms with Crippen LogP contribution in [0.4, 0.5) is 16.0 Å². The van der Waals surface area contributed by atoms with Crippen molar-refractivity contribution >= 4 is 32.4 Å². The van der Waals surface area contributed by atoms with Gasteiger partial charge in [-0.2, -0.15) is 5.26 Å². The molecule has 0 aliphatic rings. The molecule has 2 aromatic carbocycles. The second-order valence-corrected chi connectivity index (χ2v) is 9.45.